The number of aryl methyl sites for hydroxylation is 3. The predicted octanol–water partition coefficient (Wildman–Crippen LogP) is 5.91. The first-order valence-corrected chi connectivity index (χ1v) is 9.22. The maximum Gasteiger partial charge on any atom is 0.419 e. The lowest BCUT2D eigenvalue weighted by Crippen LogP contribution is -2.09. The Morgan fingerprint density at radius 3 is 2.25 bits per heavy atom. The molecule has 1 aromatic heterocycles. The summed E-state index contributed by atoms with van der Waals surface area (Å²) in [6.45, 7) is 6.37. The number of carbonyl (C=O) groups is 1. The van der Waals surface area contributed by atoms with Crippen LogP contribution in [0.15, 0.2) is 60.9 Å². The number of benzene rings is 3. The molecule has 0 fully saturated rings. The summed E-state index contributed by atoms with van der Waals surface area (Å²) in [6, 6.07) is 18.8. The Balaban J connectivity index is 2.08. The van der Waals surface area contributed by atoms with Gasteiger partial charge in [-0.15, -0.1) is 0 Å². The molecule has 0 aliphatic heterocycles. The quantitative estimate of drug-likeness (QED) is 0.440. The molecule has 0 unspecified atom stereocenters. The van der Waals surface area contributed by atoms with Crippen LogP contribution in [-0.2, 0) is 4.74 Å². The Hall–Kier alpha value is -3.40. The van der Waals surface area contributed by atoms with E-state index in [2.05, 4.69) is 56.1 Å². The average molecular weight is 370 g/mol. The number of aromatic nitrogens is 2. The summed E-state index contributed by atoms with van der Waals surface area (Å²) in [4.78, 5) is 16.6. The molecule has 3 aromatic carbocycles. The molecule has 0 saturated carbocycles. The van der Waals surface area contributed by atoms with Crippen molar-refractivity contribution in [3.63, 3.8) is 0 Å². The molecule has 4 heteroatoms. The van der Waals surface area contributed by atoms with Gasteiger partial charge in [-0.05, 0) is 66.3 Å². The van der Waals surface area contributed by atoms with Crippen molar-refractivity contribution >= 4 is 17.1 Å². The molecule has 0 radical (unpaired) electrons. The fourth-order valence-electron chi connectivity index (χ4n) is 3.97. The molecule has 4 rings (SSSR count). The third-order valence-electron chi connectivity index (χ3n) is 5.09. The van der Waals surface area contributed by atoms with Gasteiger partial charge in [0.2, 0.25) is 0 Å². The Labute approximate surface area is 164 Å². The van der Waals surface area contributed by atoms with Crippen molar-refractivity contribution in [3.8, 4) is 22.3 Å². The van der Waals surface area contributed by atoms with Gasteiger partial charge in [-0.2, -0.15) is 0 Å². The van der Waals surface area contributed by atoms with Crippen LogP contribution in [0.2, 0.25) is 0 Å². The Morgan fingerprint density at radius 1 is 0.929 bits per heavy atom. The third-order valence-corrected chi connectivity index (χ3v) is 5.09. The van der Waals surface area contributed by atoms with Crippen LogP contribution in [0.5, 0.6) is 0 Å². The van der Waals surface area contributed by atoms with E-state index in [9.17, 15) is 4.79 Å². The summed E-state index contributed by atoms with van der Waals surface area (Å²) in [5.74, 6) is 0. The first-order valence-electron chi connectivity index (χ1n) is 9.22. The highest BCUT2D eigenvalue weighted by Gasteiger charge is 2.18. The Morgan fingerprint density at radius 2 is 1.61 bits per heavy atom. The molecule has 140 valence electrons. The number of carbonyl (C=O) groups excluding carboxylic acids is 1. The van der Waals surface area contributed by atoms with Gasteiger partial charge in [-0.3, -0.25) is 0 Å². The molecule has 4 aromatic rings. The van der Waals surface area contributed by atoms with Crippen molar-refractivity contribution in [1.82, 2.24) is 9.55 Å². The minimum Gasteiger partial charge on any atom is -0.452 e. The van der Waals surface area contributed by atoms with E-state index in [1.807, 2.05) is 24.3 Å². The van der Waals surface area contributed by atoms with Gasteiger partial charge in [0.05, 0.1) is 18.1 Å². The number of ether oxygens (including phenoxy) is 1. The highest BCUT2D eigenvalue weighted by molar-refractivity contribution is 5.97. The minimum atomic E-state index is -0.446. The predicted molar refractivity (Wildman–Crippen MR) is 113 cm³/mol. The largest absolute Gasteiger partial charge is 0.452 e. The molecule has 0 N–H and O–H groups in total. The molecule has 0 atom stereocenters. The van der Waals surface area contributed by atoms with Crippen LogP contribution < -0.4 is 0 Å². The summed E-state index contributed by atoms with van der Waals surface area (Å²) < 4.78 is 6.36. The second-order valence-corrected chi connectivity index (χ2v) is 7.11. The van der Waals surface area contributed by atoms with Gasteiger partial charge >= 0.3 is 6.09 Å². The van der Waals surface area contributed by atoms with Gasteiger partial charge in [0.25, 0.3) is 0 Å². The topological polar surface area (TPSA) is 44.1 Å². The maximum absolute atomic E-state index is 12.2. The Bertz CT molecular complexity index is 1170. The van der Waals surface area contributed by atoms with Crippen LogP contribution in [-0.4, -0.2) is 22.8 Å². The first-order chi connectivity index (χ1) is 13.5. The van der Waals surface area contributed by atoms with E-state index in [1.54, 1.807) is 0 Å². The minimum absolute atomic E-state index is 0.446. The molecule has 28 heavy (non-hydrogen) atoms. The number of imidazole rings is 1. The van der Waals surface area contributed by atoms with Crippen molar-refractivity contribution in [2.75, 3.05) is 7.11 Å². The number of methoxy groups -OCH3 is 1. The molecular formula is C24H22N2O2. The fourth-order valence-corrected chi connectivity index (χ4v) is 3.97. The average Bonchev–Trinajstić information content (AvgIpc) is 3.09. The van der Waals surface area contributed by atoms with Crippen molar-refractivity contribution < 1.29 is 9.53 Å². The normalized spacial score (nSPS) is 11.0. The smallest absolute Gasteiger partial charge is 0.419 e. The van der Waals surface area contributed by atoms with E-state index >= 15 is 0 Å². The third kappa shape index (κ3) is 2.97. The lowest BCUT2D eigenvalue weighted by Gasteiger charge is -2.17. The standard InChI is InChI=1S/C24H22N2O2/c1-15-10-16(2)23(17(3)11-15)20-13-22-21(25-14-26(22)24(27)28-4)12-19(20)18-8-6-5-7-9-18/h5-14H,1-4H3. The van der Waals surface area contributed by atoms with Crippen LogP contribution in [0.25, 0.3) is 33.3 Å². The van der Waals surface area contributed by atoms with Crippen molar-refractivity contribution in [1.29, 1.82) is 0 Å². The summed E-state index contributed by atoms with van der Waals surface area (Å²) in [5, 5.41) is 0. The van der Waals surface area contributed by atoms with E-state index in [-0.39, 0.29) is 0 Å². The van der Waals surface area contributed by atoms with Gasteiger partial charge in [0.1, 0.15) is 6.33 Å². The number of nitrogens with zero attached hydrogens (tertiary/aromatic N) is 2. The van der Waals surface area contributed by atoms with Crippen LogP contribution in [0.3, 0.4) is 0 Å². The van der Waals surface area contributed by atoms with Crippen LogP contribution in [0, 0.1) is 20.8 Å². The Kier molecular flexibility index (Phi) is 4.47. The number of hydrogen-bond acceptors (Lipinski definition) is 3. The molecular weight excluding hydrogens is 348 g/mol. The molecule has 0 bridgehead atoms. The SMILES string of the molecule is COC(=O)n1cnc2cc(-c3ccccc3)c(-c3c(C)cc(C)cc3C)cc21. The molecule has 1 heterocycles. The molecule has 4 nitrogen and oxygen atoms in total. The molecule has 0 saturated heterocycles. The monoisotopic (exact) mass is 370 g/mol. The van der Waals surface area contributed by atoms with Crippen LogP contribution >= 0.6 is 0 Å². The zero-order valence-corrected chi connectivity index (χ0v) is 16.5. The van der Waals surface area contributed by atoms with Gasteiger partial charge in [0.15, 0.2) is 0 Å². The van der Waals surface area contributed by atoms with Crippen LogP contribution in [0.4, 0.5) is 4.79 Å². The molecule has 0 aliphatic carbocycles. The molecule has 0 aliphatic rings. The van der Waals surface area contributed by atoms with Crippen molar-refractivity contribution in [3.05, 3.63) is 77.6 Å². The van der Waals surface area contributed by atoms with E-state index in [0.717, 1.165) is 27.7 Å². The zero-order chi connectivity index (χ0) is 19.8. The van der Waals surface area contributed by atoms with Gasteiger partial charge in [-0.25, -0.2) is 14.3 Å². The molecule has 0 amide bonds. The second kappa shape index (κ2) is 6.97. The van der Waals surface area contributed by atoms with Gasteiger partial charge < -0.3 is 4.74 Å². The maximum atomic E-state index is 12.2. The highest BCUT2D eigenvalue weighted by Crippen LogP contribution is 2.38. The summed E-state index contributed by atoms with van der Waals surface area (Å²) in [6.07, 6.45) is 1.07. The second-order valence-electron chi connectivity index (χ2n) is 7.11. The summed E-state index contributed by atoms with van der Waals surface area (Å²) >= 11 is 0. The molecule has 0 spiro atoms. The summed E-state index contributed by atoms with van der Waals surface area (Å²) in [5.41, 5.74) is 9.63. The first kappa shape index (κ1) is 18.0. The fraction of sp³-hybridized carbons (Fsp3) is 0.167. The van der Waals surface area contributed by atoms with E-state index in [4.69, 9.17) is 4.74 Å². The van der Waals surface area contributed by atoms with Crippen LogP contribution in [0.1, 0.15) is 16.7 Å². The van der Waals surface area contributed by atoms with Gasteiger partial charge in [-0.1, -0.05) is 48.0 Å². The van der Waals surface area contributed by atoms with E-state index < -0.39 is 6.09 Å². The number of hydrogen-bond donors (Lipinski definition) is 0. The lowest BCUT2D eigenvalue weighted by molar-refractivity contribution is 0.174. The van der Waals surface area contributed by atoms with Crippen molar-refractivity contribution in [2.45, 2.75) is 20.8 Å². The summed E-state index contributed by atoms with van der Waals surface area (Å²) in [7, 11) is 1.38. The zero-order valence-electron chi connectivity index (χ0n) is 16.5. The highest BCUT2D eigenvalue weighted by atomic mass is 16.5. The van der Waals surface area contributed by atoms with Crippen molar-refractivity contribution in [2.24, 2.45) is 0 Å². The van der Waals surface area contributed by atoms with E-state index in [0.29, 0.717) is 0 Å². The van der Waals surface area contributed by atoms with E-state index in [1.165, 1.54) is 40.3 Å². The number of rotatable bonds is 2. The van der Waals surface area contributed by atoms with Gasteiger partial charge in [0, 0.05) is 0 Å². The number of fused-ring (bicyclic) bond motifs is 1. The lowest BCUT2D eigenvalue weighted by atomic mass is 9.88.